The number of nitrogens with one attached hydrogen (secondary N) is 2. The Balaban J connectivity index is 1.23. The number of nitrogens with two attached hydrogens (primary N) is 1. The van der Waals surface area contributed by atoms with Crippen LogP contribution in [0.5, 0.6) is 23.0 Å². The van der Waals surface area contributed by atoms with Crippen LogP contribution in [0, 0.1) is 11.3 Å². The summed E-state index contributed by atoms with van der Waals surface area (Å²) in [6.45, 7) is 8.36. The fourth-order valence-electron chi connectivity index (χ4n) is 6.90. The number of phenolic OH excluding ortho intramolecular Hbond substituents is 1. The number of ether oxygens (including phenoxy) is 2. The third kappa shape index (κ3) is 13.3. The number of aromatic carboxylic acids is 1. The molecule has 0 saturated carbocycles. The van der Waals surface area contributed by atoms with Crippen molar-refractivity contribution in [1.29, 1.82) is 5.26 Å². The Morgan fingerprint density at radius 1 is 0.691 bits per heavy atom. The van der Waals surface area contributed by atoms with Crippen LogP contribution >= 0.6 is 0 Å². The molecule has 350 valence electrons. The first-order chi connectivity index (χ1) is 32.2. The lowest BCUT2D eigenvalue weighted by Crippen LogP contribution is -2.44. The zero-order valence-corrected chi connectivity index (χ0v) is 37.9. The number of aromatic hydroxyl groups is 2. The van der Waals surface area contributed by atoms with Crippen LogP contribution in [0.4, 0.5) is 5.69 Å². The third-order valence-electron chi connectivity index (χ3n) is 10.3. The molecule has 0 radical (unpaired) electrons. The highest BCUT2D eigenvalue weighted by atomic mass is 16.5. The lowest BCUT2D eigenvalue weighted by molar-refractivity contribution is -0.125. The quantitative estimate of drug-likeness (QED) is 0.0323. The fourth-order valence-corrected chi connectivity index (χ4v) is 6.90. The van der Waals surface area contributed by atoms with Crippen LogP contribution in [0.1, 0.15) is 110 Å². The maximum atomic E-state index is 13.6. The number of nitrogens with zero attached hydrogens (tertiary/aromatic N) is 1. The first-order valence-corrected chi connectivity index (χ1v) is 21.4. The number of nitriles is 1. The Bertz CT molecular complexity index is 2820. The molecule has 0 saturated heterocycles. The van der Waals surface area contributed by atoms with Crippen molar-refractivity contribution in [2.24, 2.45) is 5.73 Å². The van der Waals surface area contributed by atoms with Crippen molar-refractivity contribution in [2.45, 2.75) is 78.6 Å². The molecule has 1 atom stereocenters. The molecule has 0 aliphatic carbocycles. The smallest absolute Gasteiger partial charge is 0.339 e. The van der Waals surface area contributed by atoms with E-state index < -0.39 is 76.9 Å². The number of Topliss-reactive ketones (excluding diaryl/α,β-unsaturated/α-hetero) is 3. The minimum atomic E-state index is -1.39. The Hall–Kier alpha value is -8.58. The largest absolute Gasteiger partial charge is 0.504 e. The molecule has 7 N–H and O–H groups in total. The van der Waals surface area contributed by atoms with Gasteiger partial charge in [0.1, 0.15) is 5.56 Å². The van der Waals surface area contributed by atoms with Crippen molar-refractivity contribution in [2.75, 3.05) is 5.32 Å². The summed E-state index contributed by atoms with van der Waals surface area (Å²) < 4.78 is 11.6. The second-order valence-corrected chi connectivity index (χ2v) is 16.4. The van der Waals surface area contributed by atoms with Gasteiger partial charge >= 0.3 is 5.97 Å². The molecule has 0 aliphatic rings. The van der Waals surface area contributed by atoms with Crippen LogP contribution in [0.25, 0.3) is 6.08 Å². The van der Waals surface area contributed by atoms with Crippen LogP contribution in [-0.2, 0) is 33.6 Å². The Labute approximate surface area is 392 Å². The van der Waals surface area contributed by atoms with E-state index in [0.29, 0.717) is 22.4 Å². The van der Waals surface area contributed by atoms with Gasteiger partial charge in [-0.05, 0) is 100 Å². The topological polar surface area (TPSA) is 273 Å². The molecular formula is C52H50N4O12. The van der Waals surface area contributed by atoms with E-state index in [2.05, 4.69) is 10.6 Å². The van der Waals surface area contributed by atoms with E-state index in [4.69, 9.17) is 20.5 Å². The highest BCUT2D eigenvalue weighted by Gasteiger charge is 2.27. The van der Waals surface area contributed by atoms with Gasteiger partial charge in [-0.2, -0.15) is 5.26 Å². The van der Waals surface area contributed by atoms with Crippen LogP contribution in [0.3, 0.4) is 0 Å². The van der Waals surface area contributed by atoms with Crippen molar-refractivity contribution in [3.05, 3.63) is 153 Å². The highest BCUT2D eigenvalue weighted by Crippen LogP contribution is 2.39. The van der Waals surface area contributed by atoms with E-state index in [0.717, 1.165) is 11.6 Å². The van der Waals surface area contributed by atoms with Gasteiger partial charge in [-0.1, -0.05) is 48.5 Å². The zero-order chi connectivity index (χ0) is 49.8. The molecule has 5 aromatic rings. The van der Waals surface area contributed by atoms with Gasteiger partial charge in [-0.15, -0.1) is 0 Å². The first-order valence-electron chi connectivity index (χ1n) is 21.4. The average Bonchev–Trinajstić information content (AvgIpc) is 3.28. The van der Waals surface area contributed by atoms with E-state index in [9.17, 15) is 48.9 Å². The van der Waals surface area contributed by atoms with Gasteiger partial charge < -0.3 is 41.2 Å². The van der Waals surface area contributed by atoms with Gasteiger partial charge in [0.2, 0.25) is 5.91 Å². The maximum absolute atomic E-state index is 13.6. The summed E-state index contributed by atoms with van der Waals surface area (Å²) in [6.07, 6.45) is -0.631. The second-order valence-electron chi connectivity index (χ2n) is 16.4. The number of hydrogen-bond donors (Lipinski definition) is 6. The van der Waals surface area contributed by atoms with Crippen molar-refractivity contribution < 1.29 is 58.4 Å². The monoisotopic (exact) mass is 922 g/mol. The number of carbonyl (C=O) groups is 7. The van der Waals surface area contributed by atoms with E-state index in [1.54, 1.807) is 77.1 Å². The van der Waals surface area contributed by atoms with Gasteiger partial charge in [-0.3, -0.25) is 28.8 Å². The van der Waals surface area contributed by atoms with Crippen LogP contribution < -0.4 is 25.8 Å². The predicted octanol–water partition coefficient (Wildman–Crippen LogP) is 6.92. The van der Waals surface area contributed by atoms with Crippen LogP contribution in [-0.4, -0.2) is 74.6 Å². The number of primary amides is 1. The minimum Gasteiger partial charge on any atom is -0.504 e. The Kier molecular flexibility index (Phi) is 16.7. The van der Waals surface area contributed by atoms with Crippen molar-refractivity contribution in [3.63, 3.8) is 0 Å². The number of ketones is 3. The number of phenols is 2. The lowest BCUT2D eigenvalue weighted by Gasteiger charge is -2.19. The summed E-state index contributed by atoms with van der Waals surface area (Å²) in [4.78, 5) is 90.3. The molecule has 68 heavy (non-hydrogen) atoms. The predicted molar refractivity (Wildman–Crippen MR) is 251 cm³/mol. The fraction of sp³-hybridized carbons (Fsp3) is 0.231. The van der Waals surface area contributed by atoms with Gasteiger partial charge in [0, 0.05) is 52.8 Å². The standard InChI is InChI=1S/C52H50N4O12/c1-28(2)67-48-36(16-20-39(46(48)61)43(58)25-37-17-21-40(52(65)66)47(62)49(37)68-29(3)4)24-42(57)34-12-10-32(11-13-34)23-44(59)41(26-45(54)60)56-51(64)35-14-18-38(19-15-35)55-50(63)30(5)22-31-6-8-33(27-53)9-7-31/h6-22,28-29,41,61-62H,23-26H2,1-5H3,(H2,54,60)(H,55,63)(H,56,64)(H,65,66)/b30-22+/t41-/m0/s1. The number of benzene rings is 5. The molecule has 0 spiro atoms. The maximum Gasteiger partial charge on any atom is 0.339 e. The van der Waals surface area contributed by atoms with Gasteiger partial charge in [0.05, 0.1) is 41.9 Å². The van der Waals surface area contributed by atoms with Crippen molar-refractivity contribution in [3.8, 4) is 29.1 Å². The van der Waals surface area contributed by atoms with E-state index >= 15 is 0 Å². The van der Waals surface area contributed by atoms with Gasteiger partial charge in [-0.25, -0.2) is 4.79 Å². The van der Waals surface area contributed by atoms with E-state index in [-0.39, 0.29) is 64.5 Å². The normalized spacial score (nSPS) is 11.6. The molecule has 5 rings (SSSR count). The van der Waals surface area contributed by atoms with Crippen LogP contribution in [0.2, 0.25) is 0 Å². The molecule has 0 heterocycles. The number of anilines is 1. The highest BCUT2D eigenvalue weighted by molar-refractivity contribution is 6.07. The summed E-state index contributed by atoms with van der Waals surface area (Å²) in [5.74, 6) is -6.20. The van der Waals surface area contributed by atoms with Crippen LogP contribution in [0.15, 0.2) is 103 Å². The molecule has 0 bridgehead atoms. The summed E-state index contributed by atoms with van der Waals surface area (Å²) in [7, 11) is 0. The minimum absolute atomic E-state index is 0.0886. The number of carboxylic acids is 1. The van der Waals surface area contributed by atoms with Crippen molar-refractivity contribution >= 4 is 52.8 Å². The number of carbonyl (C=O) groups excluding carboxylic acids is 6. The summed E-state index contributed by atoms with van der Waals surface area (Å²) in [6, 6.07) is 24.8. The first kappa shape index (κ1) is 50.4. The number of carboxylic acid groups (broad SMARTS) is 1. The molecule has 16 heteroatoms. The molecule has 0 aliphatic heterocycles. The molecule has 0 fully saturated rings. The zero-order valence-electron chi connectivity index (χ0n) is 37.9. The number of hydrogen-bond acceptors (Lipinski definition) is 12. The summed E-state index contributed by atoms with van der Waals surface area (Å²) in [5, 5.41) is 45.8. The molecule has 3 amide bonds. The SMILES string of the molecule is C/C(=C\c1ccc(C#N)cc1)C(=O)Nc1ccc(C(=O)N[C@@H](CC(N)=O)C(=O)Cc2ccc(C(=O)Cc3ccc(C(=O)Cc4ccc(C(=O)O)c(O)c4OC(C)C)c(O)c3OC(C)C)cc2)cc1. The number of rotatable bonds is 21. The van der Waals surface area contributed by atoms with Gasteiger partial charge in [0.25, 0.3) is 11.8 Å². The van der Waals surface area contributed by atoms with Gasteiger partial charge in [0.15, 0.2) is 40.3 Å². The van der Waals surface area contributed by atoms with E-state index in [1.165, 1.54) is 54.6 Å². The molecule has 0 aromatic heterocycles. The molecule has 16 nitrogen and oxygen atoms in total. The molecule has 0 unspecified atom stereocenters. The average molecular weight is 923 g/mol. The molecular weight excluding hydrogens is 873 g/mol. The Morgan fingerprint density at radius 3 is 1.75 bits per heavy atom. The second kappa shape index (κ2) is 22.6. The Morgan fingerprint density at radius 2 is 1.22 bits per heavy atom. The summed E-state index contributed by atoms with van der Waals surface area (Å²) >= 11 is 0. The number of amides is 3. The molecule has 5 aromatic carbocycles. The summed E-state index contributed by atoms with van der Waals surface area (Å²) in [5.41, 5.74) is 8.22. The van der Waals surface area contributed by atoms with E-state index in [1.807, 2.05) is 6.07 Å². The van der Waals surface area contributed by atoms with Crippen molar-refractivity contribution in [1.82, 2.24) is 5.32 Å². The third-order valence-corrected chi connectivity index (χ3v) is 10.3. The lowest BCUT2D eigenvalue weighted by atomic mass is 9.95.